The van der Waals surface area contributed by atoms with Gasteiger partial charge in [-0.05, 0) is 38.1 Å². The molecule has 0 radical (unpaired) electrons. The van der Waals surface area contributed by atoms with Gasteiger partial charge in [0.1, 0.15) is 17.1 Å². The maximum absolute atomic E-state index is 13.0. The molecule has 0 aliphatic carbocycles. The number of halogens is 5. The van der Waals surface area contributed by atoms with Crippen LogP contribution in [0.25, 0.3) is 11.5 Å². The fraction of sp³-hybridized carbons (Fsp3) is 0.278. The summed E-state index contributed by atoms with van der Waals surface area (Å²) < 4.78 is 64.7. The first kappa shape index (κ1) is 21.3. The number of rotatable bonds is 6. The Morgan fingerprint density at radius 2 is 1.67 bits per heavy atom. The molecule has 30 heavy (non-hydrogen) atoms. The van der Waals surface area contributed by atoms with Crippen LogP contribution in [-0.4, -0.2) is 31.0 Å². The van der Waals surface area contributed by atoms with Gasteiger partial charge >= 0.3 is 6.18 Å². The van der Waals surface area contributed by atoms with E-state index in [1.165, 1.54) is 24.4 Å². The summed E-state index contributed by atoms with van der Waals surface area (Å²) in [5.41, 5.74) is -1.44. The molecule has 0 saturated heterocycles. The van der Waals surface area contributed by atoms with E-state index in [9.17, 15) is 22.0 Å². The van der Waals surface area contributed by atoms with Gasteiger partial charge in [-0.15, -0.1) is 0 Å². The topological polar surface area (TPSA) is 88.5 Å². The minimum Gasteiger partial charge on any atom is -0.352 e. The lowest BCUT2D eigenvalue weighted by atomic mass is 10.3. The lowest BCUT2D eigenvalue weighted by Gasteiger charge is -2.13. The Morgan fingerprint density at radius 1 is 0.933 bits per heavy atom. The van der Waals surface area contributed by atoms with E-state index in [0.29, 0.717) is 0 Å². The molecule has 3 heterocycles. The Labute approximate surface area is 167 Å². The van der Waals surface area contributed by atoms with Gasteiger partial charge in [0.05, 0.1) is 0 Å². The van der Waals surface area contributed by atoms with Crippen LogP contribution >= 0.6 is 0 Å². The molecule has 0 amide bonds. The fourth-order valence-electron chi connectivity index (χ4n) is 2.36. The van der Waals surface area contributed by atoms with Gasteiger partial charge < -0.3 is 10.6 Å². The van der Waals surface area contributed by atoms with Crippen LogP contribution in [-0.2, 0) is 6.18 Å². The number of nitrogens with one attached hydrogen (secondary N) is 2. The number of pyridine rings is 2. The molecule has 158 valence electrons. The van der Waals surface area contributed by atoms with Crippen molar-refractivity contribution in [2.45, 2.75) is 32.5 Å². The summed E-state index contributed by atoms with van der Waals surface area (Å²) >= 11 is 0. The molecule has 7 nitrogen and oxygen atoms in total. The molecule has 0 aliphatic rings. The quantitative estimate of drug-likeness (QED) is 0.546. The third-order valence-electron chi connectivity index (χ3n) is 3.58. The molecule has 2 N–H and O–H groups in total. The summed E-state index contributed by atoms with van der Waals surface area (Å²) in [5, 5.41) is 5.67. The number of nitrogens with zero attached hydrogens (tertiary/aromatic N) is 5. The Balaban J connectivity index is 2.02. The van der Waals surface area contributed by atoms with Crippen molar-refractivity contribution < 1.29 is 22.0 Å². The van der Waals surface area contributed by atoms with E-state index >= 15 is 0 Å². The van der Waals surface area contributed by atoms with Gasteiger partial charge in [-0.2, -0.15) is 28.1 Å². The van der Waals surface area contributed by atoms with E-state index in [4.69, 9.17) is 0 Å². The molecule has 0 atom stereocenters. The zero-order valence-electron chi connectivity index (χ0n) is 15.7. The molecule has 12 heteroatoms. The van der Waals surface area contributed by atoms with Crippen LogP contribution in [0.2, 0.25) is 0 Å². The van der Waals surface area contributed by atoms with Gasteiger partial charge in [0.2, 0.25) is 11.9 Å². The van der Waals surface area contributed by atoms with E-state index in [-0.39, 0.29) is 35.1 Å². The van der Waals surface area contributed by atoms with Crippen LogP contribution in [0.5, 0.6) is 0 Å². The SMILES string of the molecule is CC(C)Nc1nc(Nc2ccnc(C(F)F)c2)nc(-c2cccc(C(F)(F)F)n2)n1. The van der Waals surface area contributed by atoms with Crippen molar-refractivity contribution in [2.24, 2.45) is 0 Å². The molecular weight excluding hydrogens is 409 g/mol. The molecule has 3 aromatic rings. The van der Waals surface area contributed by atoms with Crippen molar-refractivity contribution in [1.29, 1.82) is 0 Å². The van der Waals surface area contributed by atoms with Crippen LogP contribution in [0.15, 0.2) is 36.5 Å². The standard InChI is InChI=1S/C18H16F5N7/c1-9(2)25-16-28-15(11-4-3-5-13(27-11)18(21,22)23)29-17(30-16)26-10-6-7-24-12(8-10)14(19)20/h3-9,14H,1-2H3,(H2,24,25,26,28,29,30). The maximum Gasteiger partial charge on any atom is 0.433 e. The van der Waals surface area contributed by atoms with Crippen LogP contribution in [0, 0.1) is 0 Å². The molecule has 0 spiro atoms. The minimum absolute atomic E-state index is 0.0613. The molecule has 0 bridgehead atoms. The van der Waals surface area contributed by atoms with Crippen LogP contribution in [0.4, 0.5) is 39.5 Å². The molecular formula is C18H16F5N7. The van der Waals surface area contributed by atoms with Crippen molar-refractivity contribution in [3.05, 3.63) is 47.9 Å². The van der Waals surface area contributed by atoms with Gasteiger partial charge in [-0.1, -0.05) is 6.07 Å². The number of aromatic nitrogens is 5. The zero-order chi connectivity index (χ0) is 21.9. The zero-order valence-corrected chi connectivity index (χ0v) is 15.7. The van der Waals surface area contributed by atoms with Crippen molar-refractivity contribution in [1.82, 2.24) is 24.9 Å². The van der Waals surface area contributed by atoms with E-state index in [2.05, 4.69) is 35.6 Å². The van der Waals surface area contributed by atoms with Crippen molar-refractivity contribution in [2.75, 3.05) is 10.6 Å². The van der Waals surface area contributed by atoms with Crippen molar-refractivity contribution >= 4 is 17.6 Å². The fourth-order valence-corrected chi connectivity index (χ4v) is 2.36. The Bertz CT molecular complexity index is 1020. The smallest absolute Gasteiger partial charge is 0.352 e. The molecule has 3 rings (SSSR count). The minimum atomic E-state index is -4.63. The third kappa shape index (κ3) is 5.33. The van der Waals surface area contributed by atoms with Crippen LogP contribution in [0.1, 0.15) is 31.7 Å². The number of hydrogen-bond acceptors (Lipinski definition) is 7. The van der Waals surface area contributed by atoms with E-state index in [1.807, 2.05) is 13.8 Å². The van der Waals surface area contributed by atoms with Crippen LogP contribution in [0.3, 0.4) is 0 Å². The van der Waals surface area contributed by atoms with Crippen molar-refractivity contribution in [3.63, 3.8) is 0 Å². The van der Waals surface area contributed by atoms with Crippen molar-refractivity contribution in [3.8, 4) is 11.5 Å². The number of alkyl halides is 5. The van der Waals surface area contributed by atoms with E-state index in [0.717, 1.165) is 12.1 Å². The first-order valence-electron chi connectivity index (χ1n) is 8.70. The lowest BCUT2D eigenvalue weighted by molar-refractivity contribution is -0.141. The third-order valence-corrected chi connectivity index (χ3v) is 3.58. The summed E-state index contributed by atoms with van der Waals surface area (Å²) in [4.78, 5) is 19.5. The summed E-state index contributed by atoms with van der Waals surface area (Å²) in [6, 6.07) is 5.80. The normalized spacial score (nSPS) is 11.8. The Kier molecular flexibility index (Phi) is 6.04. The largest absolute Gasteiger partial charge is 0.433 e. The highest BCUT2D eigenvalue weighted by molar-refractivity contribution is 5.59. The lowest BCUT2D eigenvalue weighted by Crippen LogP contribution is -2.15. The van der Waals surface area contributed by atoms with Gasteiger partial charge in [-0.25, -0.2) is 13.8 Å². The van der Waals surface area contributed by atoms with Gasteiger partial charge in [-0.3, -0.25) is 4.98 Å². The number of anilines is 3. The second-order valence-electron chi connectivity index (χ2n) is 6.41. The van der Waals surface area contributed by atoms with Gasteiger partial charge in [0, 0.05) is 17.9 Å². The highest BCUT2D eigenvalue weighted by Crippen LogP contribution is 2.29. The maximum atomic E-state index is 13.0. The second kappa shape index (κ2) is 8.51. The summed E-state index contributed by atoms with van der Waals surface area (Å²) in [6.45, 7) is 3.63. The highest BCUT2D eigenvalue weighted by Gasteiger charge is 2.32. The van der Waals surface area contributed by atoms with Crippen LogP contribution < -0.4 is 10.6 Å². The number of hydrogen-bond donors (Lipinski definition) is 2. The molecule has 0 aromatic carbocycles. The molecule has 0 unspecified atom stereocenters. The van der Waals surface area contributed by atoms with Gasteiger partial charge in [0.25, 0.3) is 6.43 Å². The highest BCUT2D eigenvalue weighted by atomic mass is 19.4. The van der Waals surface area contributed by atoms with Gasteiger partial charge in [0.15, 0.2) is 5.82 Å². The second-order valence-corrected chi connectivity index (χ2v) is 6.41. The summed E-state index contributed by atoms with van der Waals surface area (Å²) in [5.74, 6) is -0.0986. The Hall–Kier alpha value is -3.44. The summed E-state index contributed by atoms with van der Waals surface area (Å²) in [6.07, 6.45) is -6.22. The van der Waals surface area contributed by atoms with E-state index < -0.39 is 24.0 Å². The molecule has 0 saturated carbocycles. The molecule has 0 fully saturated rings. The average Bonchev–Trinajstić information content (AvgIpc) is 2.67. The first-order chi connectivity index (χ1) is 14.1. The average molecular weight is 425 g/mol. The predicted octanol–water partition coefficient (Wildman–Crippen LogP) is 4.85. The first-order valence-corrected chi connectivity index (χ1v) is 8.70. The Morgan fingerprint density at radius 3 is 2.33 bits per heavy atom. The summed E-state index contributed by atoms with van der Waals surface area (Å²) in [7, 11) is 0. The van der Waals surface area contributed by atoms with E-state index in [1.54, 1.807) is 0 Å². The predicted molar refractivity (Wildman–Crippen MR) is 99.3 cm³/mol. The monoisotopic (exact) mass is 425 g/mol. The molecule has 3 aromatic heterocycles. The molecule has 0 aliphatic heterocycles.